The third-order valence-corrected chi connectivity index (χ3v) is 3.17. The summed E-state index contributed by atoms with van der Waals surface area (Å²) in [4.78, 5) is 4.43. The molecule has 0 aliphatic carbocycles. The fraction of sp³-hybridized carbons (Fsp3) is 0.500. The molecule has 5 nitrogen and oxygen atoms in total. The lowest BCUT2D eigenvalue weighted by Crippen LogP contribution is -2.14. The largest absolute Gasteiger partial charge is 0.366 e. The molecular weight excluding hydrogens is 266 g/mol. The first-order chi connectivity index (χ1) is 10.1. The van der Waals surface area contributed by atoms with Gasteiger partial charge >= 0.3 is 0 Å². The van der Waals surface area contributed by atoms with Crippen molar-refractivity contribution in [2.45, 2.75) is 39.3 Å². The van der Waals surface area contributed by atoms with E-state index in [4.69, 9.17) is 15.0 Å². The molecule has 114 valence electrons. The van der Waals surface area contributed by atoms with E-state index in [1.54, 1.807) is 0 Å². The van der Waals surface area contributed by atoms with Crippen LogP contribution in [0, 0.1) is 5.92 Å². The maximum atomic E-state index is 6.08. The van der Waals surface area contributed by atoms with Gasteiger partial charge in [-0.2, -0.15) is 4.98 Å². The van der Waals surface area contributed by atoms with Crippen molar-refractivity contribution in [2.24, 2.45) is 11.7 Å². The standard InChI is InChI=1S/C16H23N3O2/c1-4-20-14(12-8-6-5-7-9-12)15-18-16(21-19-15)13(17)10-11(2)3/h5-9,11,13-14H,4,10,17H2,1-3H3/t13-,14?/m0/s1. The smallest absolute Gasteiger partial charge is 0.243 e. The van der Waals surface area contributed by atoms with E-state index >= 15 is 0 Å². The summed E-state index contributed by atoms with van der Waals surface area (Å²) in [5, 5.41) is 4.05. The highest BCUT2D eigenvalue weighted by molar-refractivity contribution is 5.22. The van der Waals surface area contributed by atoms with Crippen molar-refractivity contribution in [1.82, 2.24) is 10.1 Å². The molecule has 2 rings (SSSR count). The minimum absolute atomic E-state index is 0.232. The van der Waals surface area contributed by atoms with Crippen molar-refractivity contribution in [2.75, 3.05) is 6.61 Å². The van der Waals surface area contributed by atoms with Gasteiger partial charge in [-0.1, -0.05) is 49.3 Å². The van der Waals surface area contributed by atoms with Crippen LogP contribution in [0.1, 0.15) is 56.6 Å². The Hall–Kier alpha value is -1.72. The molecule has 2 atom stereocenters. The highest BCUT2D eigenvalue weighted by atomic mass is 16.5. The summed E-state index contributed by atoms with van der Waals surface area (Å²) in [6, 6.07) is 9.64. The van der Waals surface area contributed by atoms with E-state index in [0.29, 0.717) is 24.2 Å². The number of nitrogens with zero attached hydrogens (tertiary/aromatic N) is 2. The molecule has 1 aromatic carbocycles. The highest BCUT2D eigenvalue weighted by Crippen LogP contribution is 2.25. The molecule has 1 aromatic heterocycles. The zero-order chi connectivity index (χ0) is 15.2. The van der Waals surface area contributed by atoms with E-state index in [2.05, 4.69) is 24.0 Å². The lowest BCUT2D eigenvalue weighted by atomic mass is 10.0. The van der Waals surface area contributed by atoms with Gasteiger partial charge in [-0.25, -0.2) is 0 Å². The molecule has 5 heteroatoms. The SMILES string of the molecule is CCOC(c1ccccc1)c1noc([C@@H](N)CC(C)C)n1. The Balaban J connectivity index is 2.20. The van der Waals surface area contributed by atoms with Crippen LogP contribution in [0.15, 0.2) is 34.9 Å². The van der Waals surface area contributed by atoms with Gasteiger partial charge in [0, 0.05) is 6.61 Å². The van der Waals surface area contributed by atoms with Crippen LogP contribution in [-0.2, 0) is 4.74 Å². The fourth-order valence-corrected chi connectivity index (χ4v) is 2.23. The normalized spacial score (nSPS) is 14.3. The second kappa shape index (κ2) is 7.33. The highest BCUT2D eigenvalue weighted by Gasteiger charge is 2.23. The summed E-state index contributed by atoms with van der Waals surface area (Å²) in [6.45, 7) is 6.75. The van der Waals surface area contributed by atoms with Gasteiger partial charge in [-0.05, 0) is 24.8 Å². The molecule has 1 unspecified atom stereocenters. The van der Waals surface area contributed by atoms with E-state index in [-0.39, 0.29) is 12.1 Å². The van der Waals surface area contributed by atoms with Crippen LogP contribution >= 0.6 is 0 Å². The molecule has 0 saturated carbocycles. The maximum absolute atomic E-state index is 6.08. The zero-order valence-corrected chi connectivity index (χ0v) is 12.8. The number of ether oxygens (including phenoxy) is 1. The van der Waals surface area contributed by atoms with Crippen LogP contribution in [0.5, 0.6) is 0 Å². The van der Waals surface area contributed by atoms with Crippen molar-refractivity contribution in [3.63, 3.8) is 0 Å². The second-order valence-electron chi connectivity index (χ2n) is 5.47. The molecular formula is C16H23N3O2. The second-order valence-corrected chi connectivity index (χ2v) is 5.47. The van der Waals surface area contributed by atoms with Crippen LogP contribution in [-0.4, -0.2) is 16.7 Å². The van der Waals surface area contributed by atoms with Gasteiger partial charge in [-0.15, -0.1) is 0 Å². The average Bonchev–Trinajstić information content (AvgIpc) is 2.94. The van der Waals surface area contributed by atoms with Gasteiger partial charge in [0.15, 0.2) is 0 Å². The summed E-state index contributed by atoms with van der Waals surface area (Å²) in [7, 11) is 0. The molecule has 0 amide bonds. The Morgan fingerprint density at radius 3 is 2.57 bits per heavy atom. The number of aromatic nitrogens is 2. The number of nitrogens with two attached hydrogens (primary N) is 1. The molecule has 2 aromatic rings. The van der Waals surface area contributed by atoms with Crippen molar-refractivity contribution < 1.29 is 9.26 Å². The molecule has 1 heterocycles. The Kier molecular flexibility index (Phi) is 5.47. The molecule has 0 spiro atoms. The maximum Gasteiger partial charge on any atom is 0.243 e. The molecule has 0 radical (unpaired) electrons. The summed E-state index contributed by atoms with van der Waals surface area (Å²) >= 11 is 0. The third kappa shape index (κ3) is 4.12. The first-order valence-corrected chi connectivity index (χ1v) is 7.37. The monoisotopic (exact) mass is 289 g/mol. The van der Waals surface area contributed by atoms with Crippen molar-refractivity contribution in [1.29, 1.82) is 0 Å². The molecule has 21 heavy (non-hydrogen) atoms. The first-order valence-electron chi connectivity index (χ1n) is 7.37. The predicted molar refractivity (Wildman–Crippen MR) is 80.6 cm³/mol. The third-order valence-electron chi connectivity index (χ3n) is 3.17. The van der Waals surface area contributed by atoms with Gasteiger partial charge in [0.05, 0.1) is 6.04 Å². The van der Waals surface area contributed by atoms with Crippen LogP contribution in [0.4, 0.5) is 0 Å². The van der Waals surface area contributed by atoms with Crippen LogP contribution < -0.4 is 5.73 Å². The van der Waals surface area contributed by atoms with E-state index in [1.165, 1.54) is 0 Å². The lowest BCUT2D eigenvalue weighted by molar-refractivity contribution is 0.0833. The Morgan fingerprint density at radius 1 is 1.24 bits per heavy atom. The molecule has 0 bridgehead atoms. The average molecular weight is 289 g/mol. The van der Waals surface area contributed by atoms with Gasteiger partial charge < -0.3 is 15.0 Å². The van der Waals surface area contributed by atoms with Gasteiger partial charge in [0.1, 0.15) is 6.10 Å². The topological polar surface area (TPSA) is 74.2 Å². The van der Waals surface area contributed by atoms with Gasteiger partial charge in [-0.3, -0.25) is 0 Å². The molecule has 0 fully saturated rings. The molecule has 0 aliphatic heterocycles. The van der Waals surface area contributed by atoms with E-state index in [0.717, 1.165) is 12.0 Å². The first kappa shape index (κ1) is 15.7. The summed E-state index contributed by atoms with van der Waals surface area (Å²) in [6.07, 6.45) is 0.492. The van der Waals surface area contributed by atoms with Gasteiger partial charge in [0.25, 0.3) is 0 Å². The van der Waals surface area contributed by atoms with Crippen LogP contribution in [0.3, 0.4) is 0 Å². The minimum Gasteiger partial charge on any atom is -0.366 e. The van der Waals surface area contributed by atoms with E-state index in [1.807, 2.05) is 37.3 Å². The van der Waals surface area contributed by atoms with Crippen molar-refractivity contribution in [3.05, 3.63) is 47.6 Å². The van der Waals surface area contributed by atoms with Crippen LogP contribution in [0.25, 0.3) is 0 Å². The summed E-state index contributed by atoms with van der Waals surface area (Å²) < 4.78 is 11.1. The lowest BCUT2D eigenvalue weighted by Gasteiger charge is -2.13. The Morgan fingerprint density at radius 2 is 1.95 bits per heavy atom. The predicted octanol–water partition coefficient (Wildman–Crippen LogP) is 3.24. The number of hydrogen-bond acceptors (Lipinski definition) is 5. The summed E-state index contributed by atoms with van der Waals surface area (Å²) in [5.74, 6) is 1.48. The summed E-state index contributed by atoms with van der Waals surface area (Å²) in [5.41, 5.74) is 7.09. The fourth-order valence-electron chi connectivity index (χ4n) is 2.23. The quantitative estimate of drug-likeness (QED) is 0.847. The number of benzene rings is 1. The van der Waals surface area contributed by atoms with Crippen LogP contribution in [0.2, 0.25) is 0 Å². The van der Waals surface area contributed by atoms with E-state index < -0.39 is 0 Å². The van der Waals surface area contributed by atoms with Crippen molar-refractivity contribution in [3.8, 4) is 0 Å². The minimum atomic E-state index is -0.319. The molecule has 0 saturated heterocycles. The Labute approximate surface area is 125 Å². The molecule has 0 aliphatic rings. The molecule has 2 N–H and O–H groups in total. The Bertz CT molecular complexity index is 539. The zero-order valence-electron chi connectivity index (χ0n) is 12.8. The van der Waals surface area contributed by atoms with Crippen molar-refractivity contribution >= 4 is 0 Å². The van der Waals surface area contributed by atoms with Gasteiger partial charge in [0.2, 0.25) is 11.7 Å². The number of rotatable bonds is 7. The van der Waals surface area contributed by atoms with E-state index in [9.17, 15) is 0 Å². The number of hydrogen-bond donors (Lipinski definition) is 1.